The Morgan fingerprint density at radius 1 is 1.17 bits per heavy atom. The van der Waals surface area contributed by atoms with Crippen molar-refractivity contribution >= 4 is 5.97 Å². The predicted molar refractivity (Wildman–Crippen MR) is 91.3 cm³/mol. The Morgan fingerprint density at radius 2 is 1.88 bits per heavy atom. The number of hydrogen-bond acceptors (Lipinski definition) is 4. The zero-order valence-corrected chi connectivity index (χ0v) is 14.9. The average molecular weight is 332 g/mol. The molecule has 3 rings (SSSR count). The molecular weight excluding hydrogens is 304 g/mol. The molecule has 4 nitrogen and oxygen atoms in total. The molecule has 1 heterocycles. The van der Waals surface area contributed by atoms with Crippen LogP contribution in [0.2, 0.25) is 0 Å². The highest BCUT2D eigenvalue weighted by molar-refractivity contribution is 5.75. The maximum Gasteiger partial charge on any atom is 0.311 e. The Labute approximate surface area is 144 Å². The highest BCUT2D eigenvalue weighted by Crippen LogP contribution is 2.40. The third kappa shape index (κ3) is 3.81. The summed E-state index contributed by atoms with van der Waals surface area (Å²) in [7, 11) is 0. The molecule has 1 aromatic carbocycles. The summed E-state index contributed by atoms with van der Waals surface area (Å²) in [6.45, 7) is 6.37. The molecule has 0 amide bonds. The molecular formula is C20H28O4. The van der Waals surface area contributed by atoms with Crippen LogP contribution >= 0.6 is 0 Å². The van der Waals surface area contributed by atoms with Gasteiger partial charge in [0.15, 0.2) is 6.29 Å². The molecule has 0 bridgehead atoms. The molecule has 2 fully saturated rings. The van der Waals surface area contributed by atoms with Gasteiger partial charge in [-0.25, -0.2) is 0 Å². The molecule has 2 aliphatic rings. The van der Waals surface area contributed by atoms with Gasteiger partial charge in [0.25, 0.3) is 0 Å². The third-order valence-corrected chi connectivity index (χ3v) is 5.39. The fourth-order valence-electron chi connectivity index (χ4n) is 3.28. The van der Waals surface area contributed by atoms with Gasteiger partial charge in [0.05, 0.1) is 24.2 Å². The van der Waals surface area contributed by atoms with Crippen LogP contribution in [-0.4, -0.2) is 24.8 Å². The van der Waals surface area contributed by atoms with Gasteiger partial charge in [0, 0.05) is 5.56 Å². The van der Waals surface area contributed by atoms with Crippen molar-refractivity contribution in [2.45, 2.75) is 65.0 Å². The number of benzene rings is 1. The van der Waals surface area contributed by atoms with Gasteiger partial charge in [-0.2, -0.15) is 0 Å². The molecule has 0 N–H and O–H groups in total. The number of carbonyl (C=O) groups excluding carboxylic acids is 1. The van der Waals surface area contributed by atoms with Crippen molar-refractivity contribution in [2.75, 3.05) is 6.61 Å². The summed E-state index contributed by atoms with van der Waals surface area (Å²) in [5, 5.41) is 0. The molecule has 4 atom stereocenters. The van der Waals surface area contributed by atoms with E-state index in [1.54, 1.807) is 0 Å². The van der Waals surface area contributed by atoms with Gasteiger partial charge in [-0.05, 0) is 45.4 Å². The van der Waals surface area contributed by atoms with Crippen LogP contribution in [-0.2, 0) is 19.0 Å². The van der Waals surface area contributed by atoms with Gasteiger partial charge in [-0.3, -0.25) is 4.79 Å². The molecule has 24 heavy (non-hydrogen) atoms. The molecule has 1 aromatic rings. The summed E-state index contributed by atoms with van der Waals surface area (Å²) >= 11 is 0. The smallest absolute Gasteiger partial charge is 0.311 e. The molecule has 1 saturated heterocycles. The SMILES string of the molecule is CCC(C)(C)C(=O)OCC1CCC2OC(c3ccccc3)OC2C1. The number of hydrogen-bond donors (Lipinski definition) is 0. The van der Waals surface area contributed by atoms with Crippen LogP contribution in [0.1, 0.15) is 58.3 Å². The van der Waals surface area contributed by atoms with E-state index in [1.165, 1.54) is 0 Å². The van der Waals surface area contributed by atoms with Gasteiger partial charge in [-0.1, -0.05) is 37.3 Å². The van der Waals surface area contributed by atoms with Crippen molar-refractivity contribution in [1.29, 1.82) is 0 Å². The average Bonchev–Trinajstić information content (AvgIpc) is 3.03. The van der Waals surface area contributed by atoms with E-state index in [0.29, 0.717) is 12.5 Å². The quantitative estimate of drug-likeness (QED) is 0.756. The Balaban J connectivity index is 1.51. The largest absolute Gasteiger partial charge is 0.465 e. The van der Waals surface area contributed by atoms with Crippen molar-refractivity contribution < 1.29 is 19.0 Å². The van der Waals surface area contributed by atoms with E-state index >= 15 is 0 Å². The van der Waals surface area contributed by atoms with Crippen molar-refractivity contribution in [2.24, 2.45) is 11.3 Å². The summed E-state index contributed by atoms with van der Waals surface area (Å²) in [6.07, 6.45) is 3.67. The predicted octanol–water partition coefficient (Wildman–Crippen LogP) is 4.25. The Kier molecular flexibility index (Phi) is 5.26. The van der Waals surface area contributed by atoms with E-state index in [2.05, 4.69) is 0 Å². The van der Waals surface area contributed by atoms with E-state index in [9.17, 15) is 4.79 Å². The molecule has 1 saturated carbocycles. The lowest BCUT2D eigenvalue weighted by Crippen LogP contribution is -2.34. The minimum atomic E-state index is -0.400. The minimum Gasteiger partial charge on any atom is -0.465 e. The second-order valence-corrected chi connectivity index (χ2v) is 7.61. The highest BCUT2D eigenvalue weighted by atomic mass is 16.7. The first kappa shape index (κ1) is 17.4. The lowest BCUT2D eigenvalue weighted by atomic mass is 9.85. The van der Waals surface area contributed by atoms with Crippen molar-refractivity contribution in [3.8, 4) is 0 Å². The standard InChI is InChI=1S/C20H28O4/c1-4-20(2,3)19(21)22-13-14-10-11-16-17(12-14)24-18(23-16)15-8-6-5-7-9-15/h5-9,14,16-18H,4,10-13H2,1-3H3. The second kappa shape index (κ2) is 7.24. The van der Waals surface area contributed by atoms with Gasteiger partial charge >= 0.3 is 5.97 Å². The fourth-order valence-corrected chi connectivity index (χ4v) is 3.28. The van der Waals surface area contributed by atoms with Crippen molar-refractivity contribution in [3.63, 3.8) is 0 Å². The van der Waals surface area contributed by atoms with E-state index in [1.807, 2.05) is 51.1 Å². The van der Waals surface area contributed by atoms with Crippen LogP contribution in [0.5, 0.6) is 0 Å². The first-order chi connectivity index (χ1) is 11.5. The fraction of sp³-hybridized carbons (Fsp3) is 0.650. The highest BCUT2D eigenvalue weighted by Gasteiger charge is 2.41. The molecule has 4 heteroatoms. The lowest BCUT2D eigenvalue weighted by molar-refractivity contribution is -0.156. The monoisotopic (exact) mass is 332 g/mol. The van der Waals surface area contributed by atoms with Crippen LogP contribution < -0.4 is 0 Å². The zero-order valence-electron chi connectivity index (χ0n) is 14.9. The summed E-state index contributed by atoms with van der Waals surface area (Å²) in [4.78, 5) is 12.1. The number of carbonyl (C=O) groups is 1. The first-order valence-corrected chi connectivity index (χ1v) is 9.02. The molecule has 0 aromatic heterocycles. The number of rotatable bonds is 5. The minimum absolute atomic E-state index is 0.0992. The summed E-state index contributed by atoms with van der Waals surface area (Å²) in [6, 6.07) is 10.1. The normalized spacial score (nSPS) is 30.0. The van der Waals surface area contributed by atoms with E-state index in [0.717, 1.165) is 31.2 Å². The number of ether oxygens (including phenoxy) is 3. The van der Waals surface area contributed by atoms with E-state index < -0.39 is 5.41 Å². The van der Waals surface area contributed by atoms with Crippen LogP contribution in [0.4, 0.5) is 0 Å². The zero-order chi connectivity index (χ0) is 17.2. The first-order valence-electron chi connectivity index (χ1n) is 9.02. The maximum atomic E-state index is 12.1. The van der Waals surface area contributed by atoms with Gasteiger partial charge in [-0.15, -0.1) is 0 Å². The van der Waals surface area contributed by atoms with Crippen molar-refractivity contribution in [1.82, 2.24) is 0 Å². The van der Waals surface area contributed by atoms with Crippen molar-refractivity contribution in [3.05, 3.63) is 35.9 Å². The molecule has 132 valence electrons. The van der Waals surface area contributed by atoms with Gasteiger partial charge in [0.2, 0.25) is 0 Å². The van der Waals surface area contributed by atoms with E-state index in [4.69, 9.17) is 14.2 Å². The topological polar surface area (TPSA) is 44.8 Å². The Morgan fingerprint density at radius 3 is 2.58 bits per heavy atom. The molecule has 1 aliphatic heterocycles. The summed E-state index contributed by atoms with van der Waals surface area (Å²) in [5.41, 5.74) is 0.669. The lowest BCUT2D eigenvalue weighted by Gasteiger charge is -2.30. The van der Waals surface area contributed by atoms with Gasteiger partial charge < -0.3 is 14.2 Å². The summed E-state index contributed by atoms with van der Waals surface area (Å²) < 4.78 is 17.7. The maximum absolute atomic E-state index is 12.1. The Bertz CT molecular complexity index is 554. The van der Waals surface area contributed by atoms with Crippen LogP contribution in [0, 0.1) is 11.3 Å². The van der Waals surface area contributed by atoms with E-state index in [-0.39, 0.29) is 24.5 Å². The molecule has 0 spiro atoms. The molecule has 0 radical (unpaired) electrons. The van der Waals surface area contributed by atoms with Crippen LogP contribution in [0.25, 0.3) is 0 Å². The third-order valence-electron chi connectivity index (χ3n) is 5.39. The Hall–Kier alpha value is -1.39. The number of fused-ring (bicyclic) bond motifs is 1. The van der Waals surface area contributed by atoms with Gasteiger partial charge in [0.1, 0.15) is 0 Å². The summed E-state index contributed by atoms with van der Waals surface area (Å²) in [5.74, 6) is 0.263. The second-order valence-electron chi connectivity index (χ2n) is 7.61. The van der Waals surface area contributed by atoms with Crippen LogP contribution in [0.3, 0.4) is 0 Å². The number of esters is 1. The molecule has 4 unspecified atom stereocenters. The molecule has 1 aliphatic carbocycles. The van der Waals surface area contributed by atoms with Crippen LogP contribution in [0.15, 0.2) is 30.3 Å².